The van der Waals surface area contributed by atoms with Gasteiger partial charge in [0.25, 0.3) is 0 Å². The number of carbonyl (C=O) groups excluding carboxylic acids is 3. The molecule has 2 heterocycles. The molecule has 36 heavy (non-hydrogen) atoms. The normalized spacial score (nSPS) is 16.2. The van der Waals surface area contributed by atoms with E-state index in [9.17, 15) is 18.8 Å². The van der Waals surface area contributed by atoms with Crippen molar-refractivity contribution in [3.05, 3.63) is 42.3 Å². The number of amides is 4. The Bertz CT molecular complexity index is 1080. The summed E-state index contributed by atoms with van der Waals surface area (Å²) in [7, 11) is 0. The van der Waals surface area contributed by atoms with Gasteiger partial charge in [-0.25, -0.2) is 14.2 Å². The van der Waals surface area contributed by atoms with Gasteiger partial charge < -0.3 is 20.3 Å². The molecule has 0 unspecified atom stereocenters. The van der Waals surface area contributed by atoms with Gasteiger partial charge in [-0.3, -0.25) is 14.9 Å². The maximum Gasteiger partial charge on any atom is 0.323 e. The Kier molecular flexibility index (Phi) is 8.70. The minimum atomic E-state index is -0.685. The molecule has 0 spiro atoms. The quantitative estimate of drug-likeness (QED) is 0.375. The summed E-state index contributed by atoms with van der Waals surface area (Å²) in [6, 6.07) is 6.96. The predicted octanol–water partition coefficient (Wildman–Crippen LogP) is 4.81. The van der Waals surface area contributed by atoms with Crippen LogP contribution in [0.25, 0.3) is 0 Å². The molecule has 1 saturated heterocycles. The fraction of sp³-hybridized carbons (Fsp3) is 0.462. The molecule has 1 aromatic heterocycles. The van der Waals surface area contributed by atoms with E-state index in [2.05, 4.69) is 20.9 Å². The lowest BCUT2D eigenvalue weighted by Gasteiger charge is -2.16. The molecule has 0 bridgehead atoms. The van der Waals surface area contributed by atoms with E-state index >= 15 is 0 Å². The highest BCUT2D eigenvalue weighted by Crippen LogP contribution is 2.28. The average Bonchev–Trinajstić information content (AvgIpc) is 3.27. The van der Waals surface area contributed by atoms with Crippen molar-refractivity contribution in [1.29, 1.82) is 0 Å². The summed E-state index contributed by atoms with van der Waals surface area (Å²) in [4.78, 5) is 42.6. The smallest absolute Gasteiger partial charge is 0.323 e. The molecule has 4 rings (SSSR count). The first-order valence-electron chi connectivity index (χ1n) is 12.5. The summed E-state index contributed by atoms with van der Waals surface area (Å²) in [5, 5.41) is 8.20. The fourth-order valence-electron chi connectivity index (χ4n) is 4.49. The first-order valence-corrected chi connectivity index (χ1v) is 12.5. The molecule has 4 amide bonds. The number of rotatable bonds is 7. The van der Waals surface area contributed by atoms with Crippen molar-refractivity contribution in [1.82, 2.24) is 15.2 Å². The minimum Gasteiger partial charge on any atom is -0.454 e. The standard InChI is InChI=1S/C26H32FN5O4/c27-21-15-19(30-25(34)17-24(33)29-18-7-3-1-2-4-8-18)9-10-22(21)36-20-11-12-28-23(16-20)31-26(35)32-13-5-6-14-32/h9-12,15-16,18H,1-8,13-14,17H2,(H,29,33)(H,30,34)(H,28,31,35). The third kappa shape index (κ3) is 7.40. The van der Waals surface area contributed by atoms with E-state index in [1.165, 1.54) is 37.2 Å². The number of nitrogens with zero attached hydrogens (tertiary/aromatic N) is 2. The van der Waals surface area contributed by atoms with Crippen LogP contribution < -0.4 is 20.7 Å². The third-order valence-corrected chi connectivity index (χ3v) is 6.34. The molecule has 1 aliphatic carbocycles. The van der Waals surface area contributed by atoms with E-state index < -0.39 is 11.7 Å². The number of nitrogens with one attached hydrogen (secondary N) is 3. The summed E-state index contributed by atoms with van der Waals surface area (Å²) in [5.74, 6) is -0.979. The number of benzene rings is 1. The number of urea groups is 1. The average molecular weight is 498 g/mol. The SMILES string of the molecule is O=C(CC(=O)NC1CCCCCC1)Nc1ccc(Oc2ccnc(NC(=O)N3CCCC3)c2)c(F)c1. The van der Waals surface area contributed by atoms with Gasteiger partial charge in [0.05, 0.1) is 0 Å². The molecule has 0 radical (unpaired) electrons. The van der Waals surface area contributed by atoms with E-state index in [0.717, 1.165) is 44.6 Å². The second-order valence-electron chi connectivity index (χ2n) is 9.23. The van der Waals surface area contributed by atoms with E-state index in [0.29, 0.717) is 24.7 Å². The maximum absolute atomic E-state index is 14.7. The highest BCUT2D eigenvalue weighted by atomic mass is 19.1. The van der Waals surface area contributed by atoms with Crippen LogP contribution in [-0.4, -0.2) is 46.9 Å². The van der Waals surface area contributed by atoms with Crippen LogP contribution in [0.15, 0.2) is 36.5 Å². The molecule has 192 valence electrons. The Morgan fingerprint density at radius 2 is 1.69 bits per heavy atom. The second kappa shape index (κ2) is 12.3. The Balaban J connectivity index is 1.29. The van der Waals surface area contributed by atoms with Gasteiger partial charge in [-0.1, -0.05) is 25.7 Å². The Morgan fingerprint density at radius 1 is 0.944 bits per heavy atom. The molecule has 1 saturated carbocycles. The lowest BCUT2D eigenvalue weighted by atomic mass is 10.1. The summed E-state index contributed by atoms with van der Waals surface area (Å²) in [6.45, 7) is 1.42. The van der Waals surface area contributed by atoms with E-state index in [1.54, 1.807) is 11.0 Å². The van der Waals surface area contributed by atoms with Crippen LogP contribution >= 0.6 is 0 Å². The van der Waals surface area contributed by atoms with E-state index in [-0.39, 0.29) is 35.8 Å². The molecule has 0 atom stereocenters. The van der Waals surface area contributed by atoms with Gasteiger partial charge in [0.15, 0.2) is 11.6 Å². The van der Waals surface area contributed by atoms with Gasteiger partial charge in [-0.05, 0) is 43.9 Å². The molecule has 9 nitrogen and oxygen atoms in total. The lowest BCUT2D eigenvalue weighted by molar-refractivity contribution is -0.127. The van der Waals surface area contributed by atoms with Crippen LogP contribution in [0.1, 0.15) is 57.8 Å². The van der Waals surface area contributed by atoms with Crippen molar-refractivity contribution in [2.75, 3.05) is 23.7 Å². The Hall–Kier alpha value is -3.69. The van der Waals surface area contributed by atoms with E-state index in [4.69, 9.17) is 4.74 Å². The van der Waals surface area contributed by atoms with Crippen molar-refractivity contribution in [3.8, 4) is 11.5 Å². The van der Waals surface area contributed by atoms with Gasteiger partial charge >= 0.3 is 6.03 Å². The molecule has 1 aromatic carbocycles. The van der Waals surface area contributed by atoms with Crippen molar-refractivity contribution in [2.24, 2.45) is 0 Å². The van der Waals surface area contributed by atoms with Gasteiger partial charge in [0.1, 0.15) is 18.0 Å². The Morgan fingerprint density at radius 3 is 2.42 bits per heavy atom. The monoisotopic (exact) mass is 497 g/mol. The van der Waals surface area contributed by atoms with Crippen LogP contribution in [0.5, 0.6) is 11.5 Å². The zero-order valence-corrected chi connectivity index (χ0v) is 20.2. The largest absolute Gasteiger partial charge is 0.454 e. The maximum atomic E-state index is 14.7. The number of hydrogen-bond donors (Lipinski definition) is 3. The Labute approximate surface area is 209 Å². The number of anilines is 2. The van der Waals surface area contributed by atoms with Crippen LogP contribution in [0.4, 0.5) is 20.7 Å². The molecular formula is C26H32FN5O4. The molecule has 2 aliphatic rings. The number of halogens is 1. The molecular weight excluding hydrogens is 465 g/mol. The van der Waals surface area contributed by atoms with Gasteiger partial charge in [-0.2, -0.15) is 0 Å². The first-order chi connectivity index (χ1) is 17.5. The van der Waals surface area contributed by atoms with Crippen LogP contribution in [0.2, 0.25) is 0 Å². The van der Waals surface area contributed by atoms with E-state index in [1.807, 2.05) is 0 Å². The number of aromatic nitrogens is 1. The minimum absolute atomic E-state index is 0.0536. The molecule has 10 heteroatoms. The predicted molar refractivity (Wildman–Crippen MR) is 133 cm³/mol. The van der Waals surface area contributed by atoms with Gasteiger partial charge in [-0.15, -0.1) is 0 Å². The molecule has 3 N–H and O–H groups in total. The topological polar surface area (TPSA) is 113 Å². The van der Waals surface area contributed by atoms with Gasteiger partial charge in [0.2, 0.25) is 11.8 Å². The number of hydrogen-bond acceptors (Lipinski definition) is 5. The molecule has 2 fully saturated rings. The van der Waals surface area contributed by atoms with Crippen molar-refractivity contribution < 1.29 is 23.5 Å². The van der Waals surface area contributed by atoms with Crippen molar-refractivity contribution in [3.63, 3.8) is 0 Å². The highest BCUT2D eigenvalue weighted by Gasteiger charge is 2.19. The van der Waals surface area contributed by atoms with Crippen LogP contribution in [0.3, 0.4) is 0 Å². The molecule has 2 aromatic rings. The summed E-state index contributed by atoms with van der Waals surface area (Å²) >= 11 is 0. The highest BCUT2D eigenvalue weighted by molar-refractivity contribution is 6.03. The second-order valence-corrected chi connectivity index (χ2v) is 9.23. The zero-order valence-electron chi connectivity index (χ0n) is 20.2. The number of likely N-dealkylation sites (tertiary alicyclic amines) is 1. The zero-order chi connectivity index (χ0) is 25.3. The van der Waals surface area contributed by atoms with Crippen molar-refractivity contribution >= 4 is 29.4 Å². The van der Waals surface area contributed by atoms with Crippen LogP contribution in [-0.2, 0) is 9.59 Å². The fourth-order valence-corrected chi connectivity index (χ4v) is 4.49. The van der Waals surface area contributed by atoms with Gasteiger partial charge in [0, 0.05) is 43.1 Å². The third-order valence-electron chi connectivity index (χ3n) is 6.34. The summed E-state index contributed by atoms with van der Waals surface area (Å²) < 4.78 is 20.3. The van der Waals surface area contributed by atoms with Crippen LogP contribution in [0, 0.1) is 5.82 Å². The first kappa shape index (κ1) is 25.4. The molecule has 1 aliphatic heterocycles. The number of ether oxygens (including phenoxy) is 1. The lowest BCUT2D eigenvalue weighted by Crippen LogP contribution is -2.36. The number of carbonyl (C=O) groups is 3. The number of pyridine rings is 1. The van der Waals surface area contributed by atoms with Crippen molar-refractivity contribution in [2.45, 2.75) is 63.8 Å². The summed E-state index contributed by atoms with van der Waals surface area (Å²) in [5.41, 5.74) is 0.223. The summed E-state index contributed by atoms with van der Waals surface area (Å²) in [6.07, 6.45) is 9.48.